The van der Waals surface area contributed by atoms with Gasteiger partial charge in [0.1, 0.15) is 18.5 Å². The highest BCUT2D eigenvalue weighted by Crippen LogP contribution is 2.16. The van der Waals surface area contributed by atoms with Crippen LogP contribution in [0.15, 0.2) is 18.2 Å². The number of aliphatic hydroxyl groups is 1. The van der Waals surface area contributed by atoms with Crippen molar-refractivity contribution in [2.75, 3.05) is 39.5 Å². The standard InChI is InChI=1S/C15H23NO3/c1-12-7-13(2)9-15(8-12)19-11-14(17)10-16-3-5-18-6-4-16/h7-9,14,17H,3-6,10-11H2,1-2H3/t14-/m0/s1. The van der Waals surface area contributed by atoms with Crippen molar-refractivity contribution in [3.8, 4) is 5.75 Å². The maximum Gasteiger partial charge on any atom is 0.119 e. The van der Waals surface area contributed by atoms with Crippen LogP contribution in [-0.2, 0) is 4.74 Å². The molecular weight excluding hydrogens is 242 g/mol. The van der Waals surface area contributed by atoms with Gasteiger partial charge in [0.15, 0.2) is 0 Å². The first kappa shape index (κ1) is 14.3. The van der Waals surface area contributed by atoms with Crippen LogP contribution in [0.2, 0.25) is 0 Å². The van der Waals surface area contributed by atoms with Crippen molar-refractivity contribution < 1.29 is 14.6 Å². The Kier molecular flexibility index (Phi) is 5.19. The first-order chi connectivity index (χ1) is 9.13. The lowest BCUT2D eigenvalue weighted by molar-refractivity contribution is 0.00464. The van der Waals surface area contributed by atoms with E-state index in [1.165, 1.54) is 11.1 Å². The van der Waals surface area contributed by atoms with E-state index >= 15 is 0 Å². The predicted octanol–water partition coefficient (Wildman–Crippen LogP) is 1.38. The molecule has 0 aliphatic carbocycles. The van der Waals surface area contributed by atoms with E-state index in [0.29, 0.717) is 13.2 Å². The first-order valence-corrected chi connectivity index (χ1v) is 6.83. The number of aryl methyl sites for hydroxylation is 2. The lowest BCUT2D eigenvalue weighted by Gasteiger charge is -2.28. The number of ether oxygens (including phenoxy) is 2. The van der Waals surface area contributed by atoms with Gasteiger partial charge < -0.3 is 14.6 Å². The van der Waals surface area contributed by atoms with Gasteiger partial charge >= 0.3 is 0 Å². The van der Waals surface area contributed by atoms with Crippen LogP contribution in [0.3, 0.4) is 0 Å². The second kappa shape index (κ2) is 6.89. The minimum atomic E-state index is -0.459. The fourth-order valence-corrected chi connectivity index (χ4v) is 2.34. The summed E-state index contributed by atoms with van der Waals surface area (Å²) in [6, 6.07) is 6.10. The zero-order valence-electron chi connectivity index (χ0n) is 11.8. The molecule has 1 heterocycles. The Bertz CT molecular complexity index is 382. The van der Waals surface area contributed by atoms with Crippen LogP contribution in [0, 0.1) is 13.8 Å². The summed E-state index contributed by atoms with van der Waals surface area (Å²) in [6.45, 7) is 8.36. The highest BCUT2D eigenvalue weighted by molar-refractivity contribution is 5.32. The van der Waals surface area contributed by atoms with Gasteiger partial charge in [-0.2, -0.15) is 0 Å². The number of rotatable bonds is 5. The maximum absolute atomic E-state index is 9.99. The smallest absolute Gasteiger partial charge is 0.119 e. The summed E-state index contributed by atoms with van der Waals surface area (Å²) in [6.07, 6.45) is -0.459. The summed E-state index contributed by atoms with van der Waals surface area (Å²) < 4.78 is 10.9. The van der Waals surface area contributed by atoms with Crippen LogP contribution in [0.25, 0.3) is 0 Å². The third-order valence-electron chi connectivity index (χ3n) is 3.21. The molecule has 0 unspecified atom stereocenters. The molecule has 0 radical (unpaired) electrons. The summed E-state index contributed by atoms with van der Waals surface area (Å²) in [5.74, 6) is 0.832. The zero-order chi connectivity index (χ0) is 13.7. The SMILES string of the molecule is Cc1cc(C)cc(OC[C@@H](O)CN2CCOCC2)c1. The molecule has 0 saturated carbocycles. The molecule has 19 heavy (non-hydrogen) atoms. The van der Waals surface area contributed by atoms with E-state index in [-0.39, 0.29) is 0 Å². The van der Waals surface area contributed by atoms with Crippen molar-refractivity contribution in [3.63, 3.8) is 0 Å². The summed E-state index contributed by atoms with van der Waals surface area (Å²) in [4.78, 5) is 2.21. The number of β-amino-alcohol motifs (C(OH)–C–C–N with tert-alkyl or cyclic N) is 1. The van der Waals surface area contributed by atoms with E-state index < -0.39 is 6.10 Å². The zero-order valence-corrected chi connectivity index (χ0v) is 11.8. The summed E-state index contributed by atoms with van der Waals surface area (Å²) >= 11 is 0. The van der Waals surface area contributed by atoms with Gasteiger partial charge in [-0.3, -0.25) is 4.90 Å². The van der Waals surface area contributed by atoms with Gasteiger partial charge in [0.05, 0.1) is 13.2 Å². The minimum Gasteiger partial charge on any atom is -0.491 e. The molecule has 1 aromatic rings. The fraction of sp³-hybridized carbons (Fsp3) is 0.600. The van der Waals surface area contributed by atoms with E-state index in [1.807, 2.05) is 26.0 Å². The highest BCUT2D eigenvalue weighted by atomic mass is 16.5. The third-order valence-corrected chi connectivity index (χ3v) is 3.21. The molecule has 0 aromatic heterocycles. The average molecular weight is 265 g/mol. The quantitative estimate of drug-likeness (QED) is 0.873. The molecule has 1 aliphatic rings. The first-order valence-electron chi connectivity index (χ1n) is 6.83. The molecule has 1 aromatic carbocycles. The summed E-state index contributed by atoms with van der Waals surface area (Å²) in [5, 5.41) is 9.99. The molecule has 1 saturated heterocycles. The summed E-state index contributed by atoms with van der Waals surface area (Å²) in [7, 11) is 0. The number of aliphatic hydroxyl groups excluding tert-OH is 1. The number of hydrogen-bond acceptors (Lipinski definition) is 4. The van der Waals surface area contributed by atoms with E-state index in [9.17, 15) is 5.11 Å². The van der Waals surface area contributed by atoms with Crippen LogP contribution < -0.4 is 4.74 Å². The molecule has 4 heteroatoms. The highest BCUT2D eigenvalue weighted by Gasteiger charge is 2.15. The molecule has 1 N–H and O–H groups in total. The molecular formula is C15H23NO3. The van der Waals surface area contributed by atoms with Gasteiger partial charge in [0, 0.05) is 19.6 Å². The predicted molar refractivity (Wildman–Crippen MR) is 74.7 cm³/mol. The van der Waals surface area contributed by atoms with Gasteiger partial charge in [-0.15, -0.1) is 0 Å². The van der Waals surface area contributed by atoms with Crippen molar-refractivity contribution in [1.82, 2.24) is 4.90 Å². The molecule has 1 aliphatic heterocycles. The second-order valence-electron chi connectivity index (χ2n) is 5.20. The average Bonchev–Trinajstić information content (AvgIpc) is 2.36. The monoisotopic (exact) mass is 265 g/mol. The van der Waals surface area contributed by atoms with Gasteiger partial charge in [0.25, 0.3) is 0 Å². The molecule has 0 spiro atoms. The van der Waals surface area contributed by atoms with Gasteiger partial charge in [-0.05, 0) is 37.1 Å². The Labute approximate surface area is 114 Å². The number of hydrogen-bond donors (Lipinski definition) is 1. The molecule has 2 rings (SSSR count). The Hall–Kier alpha value is -1.10. The summed E-state index contributed by atoms with van der Waals surface area (Å²) in [5.41, 5.74) is 2.36. The topological polar surface area (TPSA) is 41.9 Å². The lowest BCUT2D eigenvalue weighted by Crippen LogP contribution is -2.42. The Morgan fingerprint density at radius 1 is 1.21 bits per heavy atom. The number of nitrogens with zero attached hydrogens (tertiary/aromatic N) is 1. The van der Waals surface area contributed by atoms with E-state index in [4.69, 9.17) is 9.47 Å². The van der Waals surface area contributed by atoms with E-state index in [1.54, 1.807) is 0 Å². The third kappa shape index (κ3) is 4.82. The molecule has 1 fully saturated rings. The number of benzene rings is 1. The lowest BCUT2D eigenvalue weighted by atomic mass is 10.1. The molecule has 4 nitrogen and oxygen atoms in total. The van der Waals surface area contributed by atoms with E-state index in [2.05, 4.69) is 11.0 Å². The van der Waals surface area contributed by atoms with Crippen LogP contribution >= 0.6 is 0 Å². The van der Waals surface area contributed by atoms with Crippen molar-refractivity contribution in [1.29, 1.82) is 0 Å². The second-order valence-corrected chi connectivity index (χ2v) is 5.20. The van der Waals surface area contributed by atoms with Gasteiger partial charge in [-0.25, -0.2) is 0 Å². The number of morpholine rings is 1. The molecule has 1 atom stereocenters. The molecule has 0 amide bonds. The van der Waals surface area contributed by atoms with Gasteiger partial charge in [-0.1, -0.05) is 6.07 Å². The largest absolute Gasteiger partial charge is 0.491 e. The van der Waals surface area contributed by atoms with Gasteiger partial charge in [0.2, 0.25) is 0 Å². The van der Waals surface area contributed by atoms with Crippen LogP contribution in [0.1, 0.15) is 11.1 Å². The Morgan fingerprint density at radius 3 is 2.47 bits per heavy atom. The van der Waals surface area contributed by atoms with Crippen molar-refractivity contribution >= 4 is 0 Å². The van der Waals surface area contributed by atoms with E-state index in [0.717, 1.165) is 32.1 Å². The normalized spacial score (nSPS) is 18.3. The van der Waals surface area contributed by atoms with Crippen LogP contribution in [-0.4, -0.2) is 55.6 Å². The Balaban J connectivity index is 1.77. The maximum atomic E-state index is 9.99. The Morgan fingerprint density at radius 2 is 1.84 bits per heavy atom. The van der Waals surface area contributed by atoms with Crippen LogP contribution in [0.4, 0.5) is 0 Å². The van der Waals surface area contributed by atoms with Crippen molar-refractivity contribution in [2.45, 2.75) is 20.0 Å². The molecule has 0 bridgehead atoms. The molecule has 106 valence electrons. The fourth-order valence-electron chi connectivity index (χ4n) is 2.34. The van der Waals surface area contributed by atoms with Crippen molar-refractivity contribution in [2.24, 2.45) is 0 Å². The van der Waals surface area contributed by atoms with Crippen LogP contribution in [0.5, 0.6) is 5.75 Å². The van der Waals surface area contributed by atoms with Crippen molar-refractivity contribution in [3.05, 3.63) is 29.3 Å². The minimum absolute atomic E-state index is 0.334.